The van der Waals surface area contributed by atoms with Gasteiger partial charge in [-0.1, -0.05) is 24.3 Å². The number of carboxylic acids is 4. The van der Waals surface area contributed by atoms with Crippen molar-refractivity contribution in [2.75, 3.05) is 18.8 Å². The number of carboxylic acid groups (broad SMARTS) is 4. The van der Waals surface area contributed by atoms with Crippen LogP contribution in [-0.4, -0.2) is 190 Å². The van der Waals surface area contributed by atoms with Gasteiger partial charge in [0.15, 0.2) is 0 Å². The molecule has 0 saturated heterocycles. The Balaban J connectivity index is 1.41. The molecule has 0 unspecified atom stereocenters. The van der Waals surface area contributed by atoms with E-state index in [1.165, 1.54) is 43.0 Å². The Morgan fingerprint density at radius 1 is 0.526 bits per heavy atom. The van der Waals surface area contributed by atoms with Crippen molar-refractivity contribution in [1.29, 1.82) is 0 Å². The van der Waals surface area contributed by atoms with Gasteiger partial charge in [0.2, 0.25) is 35.4 Å². The number of carbonyl (C=O) groups is 14. The Morgan fingerprint density at radius 3 is 1.58 bits per heavy atom. The van der Waals surface area contributed by atoms with Crippen LogP contribution in [0.5, 0.6) is 11.5 Å². The van der Waals surface area contributed by atoms with E-state index in [1.807, 2.05) is 12.1 Å². The third kappa shape index (κ3) is 25.4. The van der Waals surface area contributed by atoms with Crippen molar-refractivity contribution in [2.45, 2.75) is 139 Å². The van der Waals surface area contributed by atoms with Gasteiger partial charge in [-0.15, -0.1) is 0 Å². The average Bonchev–Trinajstić information content (AvgIpc) is 1.12. The van der Waals surface area contributed by atoms with Crippen LogP contribution in [0.4, 0.5) is 0 Å². The zero-order valence-electron chi connectivity index (χ0n) is 53.1. The van der Waals surface area contributed by atoms with Crippen LogP contribution in [0.3, 0.4) is 0 Å². The number of rotatable bonds is 11. The SMILES string of the molecule is B=C1NCC(=O)N[C@H](C(=O)O)CSCc2cc3cc(c2)COc2ccc(cc2)C[C@H](NC(=O)[C@H](CCC(=O)O)NC(=O)CNC(=O)[C@H](C)NC(=O)[C@H](CC(=O)O)NC(=O)[C@@H](NC(C)=O)Cc2ccc(cc2)OC3)C(=O)N[C@@H](CC(=O)O)C(=O)N[C@@H](C)C(=O)N[C@H]1Cc1ccccc1. The molecule has 0 aromatic heterocycles. The second-order valence-corrected chi connectivity index (χ2v) is 23.9. The quantitative estimate of drug-likeness (QED) is 0.0545. The van der Waals surface area contributed by atoms with Gasteiger partial charge < -0.3 is 46.3 Å². The minimum absolute atomic E-state index is 0.0372. The maximum absolute atomic E-state index is 14.6. The van der Waals surface area contributed by atoms with Gasteiger partial charge >= 0.3 is 282 Å². The monoisotopic (exact) mass is 1360 g/mol. The second kappa shape index (κ2) is 36.7. The van der Waals surface area contributed by atoms with E-state index in [4.69, 9.17) is 9.47 Å². The van der Waals surface area contributed by atoms with Crippen LogP contribution >= 0.6 is 11.8 Å². The van der Waals surface area contributed by atoms with E-state index in [9.17, 15) is 87.5 Å². The fourth-order valence-electron chi connectivity index (χ4n) is 9.89. The summed E-state index contributed by atoms with van der Waals surface area (Å²) in [5.74, 6) is -15.2. The first-order valence-electron chi connectivity index (χ1n) is 30.5. The fraction of sp³-hybridized carbons (Fsp3) is 0.391. The Kier molecular flexibility index (Phi) is 28.5. The van der Waals surface area contributed by atoms with Crippen LogP contribution in [0.25, 0.3) is 0 Å². The predicted octanol–water partition coefficient (Wildman–Crippen LogP) is -2.51. The van der Waals surface area contributed by atoms with Crippen molar-refractivity contribution in [1.82, 2.24) is 58.5 Å². The van der Waals surface area contributed by atoms with Crippen molar-refractivity contribution in [3.05, 3.63) is 130 Å². The molecule has 0 spiro atoms. The van der Waals surface area contributed by atoms with E-state index in [2.05, 4.69) is 66.0 Å². The van der Waals surface area contributed by atoms with Gasteiger partial charge in [0.05, 0.1) is 13.0 Å². The first kappa shape index (κ1) is 75.2. The summed E-state index contributed by atoms with van der Waals surface area (Å²) in [5.41, 5.74) is 3.51. The van der Waals surface area contributed by atoms with E-state index in [0.29, 0.717) is 39.1 Å². The molecular weight excluding hydrogens is 1290 g/mol. The Morgan fingerprint density at radius 2 is 1.03 bits per heavy atom. The molecule has 8 rings (SSSR count). The molecule has 4 aromatic rings. The standard InChI is InChI=1S/C64H76BN11O20S/c1-33-57(86)67-28-52(79)71-44(17-18-53(80)81)59(88)74-47-24-38-11-15-43(16-12-38)96-30-40-19-39(29-95-42-13-9-37(10-14-42)23-46(70-35(3)77)62(91)75-48(25-54(82)83)60(89)68-33)20-41(21-40)31-97-32-50(64(93)94)72-51(78)27-66-56(65)45(22-36-7-5-4-6-8-36)73-58(87)34(2)69-61(90)49(26-55(84)85)76-63(47)92/h4-16,19-21,33-34,44-50,65-66H,17-18,22-32H2,1-3H3,(H,67,86)(H,68,89)(H,69,90)(H,70,77)(H,71,79)(H,72,78)(H,73,87)(H,74,88)(H,75,91)(H,76,92)(H,80,81)(H,82,83)(H,84,85)(H,93,94)/t33-,34-,44-,45-,46-,47-,48-,49-,50-/m0/s1. The van der Waals surface area contributed by atoms with Crippen molar-refractivity contribution in [3.8, 4) is 11.5 Å². The molecule has 15 N–H and O–H groups in total. The molecule has 0 fully saturated rings. The summed E-state index contributed by atoms with van der Waals surface area (Å²) in [6, 6.07) is 12.6. The van der Waals surface area contributed by atoms with Gasteiger partial charge in [0.1, 0.15) is 48.9 Å². The Labute approximate surface area is 560 Å². The number of thioether (sulfide) groups is 1. The molecule has 516 valence electrons. The summed E-state index contributed by atoms with van der Waals surface area (Å²) in [6.07, 6.45) is -3.93. The molecule has 4 aliphatic heterocycles. The zero-order chi connectivity index (χ0) is 70.9. The second-order valence-electron chi connectivity index (χ2n) is 22.9. The Bertz CT molecular complexity index is 3590. The van der Waals surface area contributed by atoms with Crippen molar-refractivity contribution < 1.29 is 97.0 Å². The molecule has 10 amide bonds. The fourth-order valence-corrected chi connectivity index (χ4v) is 10.9. The maximum atomic E-state index is 14.6. The normalized spacial score (nSPS) is 22.8. The molecule has 97 heavy (non-hydrogen) atoms. The number of aliphatic carboxylic acids is 4. The van der Waals surface area contributed by atoms with Crippen LogP contribution in [0.1, 0.15) is 79.8 Å². The van der Waals surface area contributed by atoms with Gasteiger partial charge in [-0.25, -0.2) is 0 Å². The van der Waals surface area contributed by atoms with E-state index < -0.39 is 183 Å². The molecule has 0 radical (unpaired) electrons. The van der Waals surface area contributed by atoms with Crippen LogP contribution in [-0.2, 0) is 105 Å². The molecule has 31 nitrogen and oxygen atoms in total. The molecule has 33 heteroatoms. The van der Waals surface area contributed by atoms with Gasteiger partial charge in [-0.3, -0.25) is 38.4 Å². The van der Waals surface area contributed by atoms with E-state index >= 15 is 0 Å². The molecule has 4 aliphatic rings. The van der Waals surface area contributed by atoms with Gasteiger partial charge in [0.25, 0.3) is 0 Å². The van der Waals surface area contributed by atoms with E-state index in [-0.39, 0.29) is 48.9 Å². The number of fused-ring (bicyclic) bond motifs is 36. The van der Waals surface area contributed by atoms with Crippen molar-refractivity contribution >= 4 is 108 Å². The minimum atomic E-state index is -1.94. The van der Waals surface area contributed by atoms with Crippen LogP contribution in [0, 0.1) is 0 Å². The number of ether oxygens (including phenoxy) is 2. The van der Waals surface area contributed by atoms with Gasteiger partial charge in [0, 0.05) is 19.8 Å². The number of nitrogens with one attached hydrogen (secondary N) is 11. The average molecular weight is 1360 g/mol. The summed E-state index contributed by atoms with van der Waals surface area (Å²) < 4.78 is 12.4. The first-order valence-corrected chi connectivity index (χ1v) is 31.7. The zero-order valence-corrected chi connectivity index (χ0v) is 53.9. The molecule has 0 aliphatic carbocycles. The van der Waals surface area contributed by atoms with Crippen LogP contribution < -0.4 is 68.0 Å². The number of benzene rings is 4. The summed E-state index contributed by atoms with van der Waals surface area (Å²) in [6.45, 7) is 2.02. The molecule has 9 atom stereocenters. The summed E-state index contributed by atoms with van der Waals surface area (Å²) in [5, 5.41) is 66.6. The number of hydrogen-bond acceptors (Lipinski definition) is 18. The molecule has 0 saturated carbocycles. The van der Waals surface area contributed by atoms with Crippen molar-refractivity contribution in [3.63, 3.8) is 0 Å². The van der Waals surface area contributed by atoms with Crippen molar-refractivity contribution in [2.24, 2.45) is 0 Å². The summed E-state index contributed by atoms with van der Waals surface area (Å²) >= 11 is 1.19. The molecule has 8 bridgehead atoms. The number of carbonyl (C=O) groups excluding carboxylic acids is 10. The topological polar surface area (TPSA) is 471 Å². The van der Waals surface area contributed by atoms with Gasteiger partial charge in [-0.2, -0.15) is 0 Å². The van der Waals surface area contributed by atoms with Gasteiger partial charge in [-0.05, 0) is 54.8 Å². The van der Waals surface area contributed by atoms with E-state index in [1.54, 1.807) is 60.7 Å². The summed E-state index contributed by atoms with van der Waals surface area (Å²) in [4.78, 5) is 186. The number of hydrogen-bond donors (Lipinski definition) is 15. The Hall–Kier alpha value is -10.9. The summed E-state index contributed by atoms with van der Waals surface area (Å²) in [7, 11) is 4.03. The molecule has 4 heterocycles. The van der Waals surface area contributed by atoms with E-state index in [0.717, 1.165) is 13.8 Å². The third-order valence-electron chi connectivity index (χ3n) is 14.9. The molecular formula is C64H76BN11O20S. The predicted molar refractivity (Wildman–Crippen MR) is 348 cm³/mol. The van der Waals surface area contributed by atoms with Crippen LogP contribution in [0.15, 0.2) is 97.1 Å². The number of amides is 10. The first-order chi connectivity index (χ1) is 46.1. The third-order valence-corrected chi connectivity index (χ3v) is 16.0. The van der Waals surface area contributed by atoms with Crippen LogP contribution in [0.2, 0.25) is 0 Å². The molecule has 4 aromatic carbocycles.